The first kappa shape index (κ1) is 16.5. The molecule has 8 nitrogen and oxygen atoms in total. The van der Waals surface area contributed by atoms with Gasteiger partial charge < -0.3 is 14.8 Å². The van der Waals surface area contributed by atoms with Crippen LogP contribution in [-0.4, -0.2) is 37.2 Å². The molecule has 0 radical (unpaired) electrons. The quantitative estimate of drug-likeness (QED) is 0.813. The second kappa shape index (κ2) is 7.38. The maximum atomic E-state index is 11.7. The molecule has 1 aromatic rings. The zero-order valence-corrected chi connectivity index (χ0v) is 12.8. The molecular weight excluding hydrogens is 300 g/mol. The van der Waals surface area contributed by atoms with Gasteiger partial charge in [-0.2, -0.15) is 10.4 Å². The maximum Gasteiger partial charge on any atom is 0.338 e. The topological polar surface area (TPSA) is 104 Å². The SMILES string of the molecule is CCOC(=O)c1ccc(N2N=C(C#N)C(=O)NC2OCC)cc1. The van der Waals surface area contributed by atoms with Crippen molar-refractivity contribution < 1.29 is 19.1 Å². The number of carbonyl (C=O) groups excluding carboxylic acids is 2. The van der Waals surface area contributed by atoms with E-state index in [0.717, 1.165) is 0 Å². The van der Waals surface area contributed by atoms with Crippen molar-refractivity contribution in [3.63, 3.8) is 0 Å². The minimum atomic E-state index is -0.821. The van der Waals surface area contributed by atoms with Gasteiger partial charge in [0.2, 0.25) is 12.1 Å². The van der Waals surface area contributed by atoms with Crippen LogP contribution in [0.1, 0.15) is 24.2 Å². The van der Waals surface area contributed by atoms with Gasteiger partial charge in [-0.25, -0.2) is 9.80 Å². The number of nitriles is 1. The second-order valence-corrected chi connectivity index (χ2v) is 4.45. The molecule has 0 saturated carbocycles. The van der Waals surface area contributed by atoms with Crippen molar-refractivity contribution in [1.29, 1.82) is 5.26 Å². The van der Waals surface area contributed by atoms with Crippen LogP contribution < -0.4 is 10.3 Å². The van der Waals surface area contributed by atoms with Crippen LogP contribution in [0.15, 0.2) is 29.4 Å². The smallest absolute Gasteiger partial charge is 0.338 e. The first-order valence-electron chi connectivity index (χ1n) is 7.08. The minimum Gasteiger partial charge on any atom is -0.462 e. The third-order valence-electron chi connectivity index (χ3n) is 2.97. The predicted molar refractivity (Wildman–Crippen MR) is 81.5 cm³/mol. The molecule has 8 heteroatoms. The van der Waals surface area contributed by atoms with Crippen molar-refractivity contribution in [2.75, 3.05) is 18.2 Å². The summed E-state index contributed by atoms with van der Waals surface area (Å²) in [6.45, 7) is 4.14. The fourth-order valence-electron chi connectivity index (χ4n) is 1.95. The van der Waals surface area contributed by atoms with Crippen molar-refractivity contribution >= 4 is 23.3 Å². The molecule has 1 aromatic carbocycles. The Balaban J connectivity index is 2.29. The van der Waals surface area contributed by atoms with E-state index in [1.54, 1.807) is 44.2 Å². The van der Waals surface area contributed by atoms with E-state index in [0.29, 0.717) is 24.5 Å². The zero-order valence-electron chi connectivity index (χ0n) is 12.8. The summed E-state index contributed by atoms with van der Waals surface area (Å²) in [7, 11) is 0. The fraction of sp³-hybridized carbons (Fsp3) is 0.333. The Kier molecular flexibility index (Phi) is 5.28. The highest BCUT2D eigenvalue weighted by Gasteiger charge is 2.30. The summed E-state index contributed by atoms with van der Waals surface area (Å²) in [4.78, 5) is 23.3. The molecule has 2 rings (SSSR count). The lowest BCUT2D eigenvalue weighted by molar-refractivity contribution is -0.119. The molecule has 1 unspecified atom stereocenters. The van der Waals surface area contributed by atoms with Gasteiger partial charge in [0.15, 0.2) is 0 Å². The molecule has 1 N–H and O–H groups in total. The molecule has 0 aliphatic carbocycles. The number of ether oxygens (including phenoxy) is 2. The highest BCUT2D eigenvalue weighted by Crippen LogP contribution is 2.21. The summed E-state index contributed by atoms with van der Waals surface area (Å²) in [6.07, 6.45) is -0.821. The lowest BCUT2D eigenvalue weighted by Gasteiger charge is -2.32. The first-order valence-corrected chi connectivity index (χ1v) is 7.08. The molecule has 0 bridgehead atoms. The molecule has 1 aliphatic rings. The number of benzene rings is 1. The average molecular weight is 316 g/mol. The molecule has 23 heavy (non-hydrogen) atoms. The summed E-state index contributed by atoms with van der Waals surface area (Å²) < 4.78 is 10.3. The summed E-state index contributed by atoms with van der Waals surface area (Å²) in [5.41, 5.74) is 0.689. The largest absolute Gasteiger partial charge is 0.462 e. The van der Waals surface area contributed by atoms with Gasteiger partial charge in [-0.3, -0.25) is 4.79 Å². The standard InChI is InChI=1S/C15H16N4O4/c1-3-22-14(21)10-5-7-11(8-6-10)19-15(23-4-2)17-13(20)12(9-16)18-19/h5-8,15H,3-4H2,1-2H3,(H,17,20). The maximum absolute atomic E-state index is 11.7. The number of carbonyl (C=O) groups is 2. The van der Waals surface area contributed by atoms with Crippen LogP contribution in [0.3, 0.4) is 0 Å². The van der Waals surface area contributed by atoms with Gasteiger partial charge in [0.1, 0.15) is 6.07 Å². The van der Waals surface area contributed by atoms with E-state index in [-0.39, 0.29) is 5.71 Å². The molecular formula is C15H16N4O4. The van der Waals surface area contributed by atoms with Crippen molar-refractivity contribution in [1.82, 2.24) is 5.32 Å². The van der Waals surface area contributed by atoms with Crippen molar-refractivity contribution in [2.24, 2.45) is 5.10 Å². The number of anilines is 1. The lowest BCUT2D eigenvalue weighted by Crippen LogP contribution is -2.54. The van der Waals surface area contributed by atoms with E-state index in [9.17, 15) is 9.59 Å². The van der Waals surface area contributed by atoms with E-state index in [2.05, 4.69) is 10.4 Å². The Labute approximate surface area is 133 Å². The number of amides is 1. The Bertz CT molecular complexity index is 663. The number of esters is 1. The summed E-state index contributed by atoms with van der Waals surface area (Å²) >= 11 is 0. The Morgan fingerprint density at radius 3 is 2.61 bits per heavy atom. The van der Waals surface area contributed by atoms with E-state index in [4.69, 9.17) is 14.7 Å². The molecule has 0 aromatic heterocycles. The van der Waals surface area contributed by atoms with Gasteiger partial charge in [0.05, 0.1) is 17.9 Å². The predicted octanol–water partition coefficient (Wildman–Crippen LogP) is 0.999. The normalized spacial score (nSPS) is 17.1. The van der Waals surface area contributed by atoms with E-state index >= 15 is 0 Å². The number of rotatable bonds is 5. The monoisotopic (exact) mass is 316 g/mol. The minimum absolute atomic E-state index is 0.268. The van der Waals surface area contributed by atoms with Crippen LogP contribution in [0, 0.1) is 11.3 Å². The number of nitrogens with one attached hydrogen (secondary N) is 1. The zero-order chi connectivity index (χ0) is 16.8. The molecule has 1 heterocycles. The van der Waals surface area contributed by atoms with Crippen molar-refractivity contribution in [3.05, 3.63) is 29.8 Å². The summed E-state index contributed by atoms with van der Waals surface area (Å²) in [5.74, 6) is -1.01. The van der Waals surface area contributed by atoms with E-state index in [1.807, 2.05) is 0 Å². The molecule has 1 atom stereocenters. The number of nitrogens with zero attached hydrogens (tertiary/aromatic N) is 3. The Morgan fingerprint density at radius 2 is 2.04 bits per heavy atom. The van der Waals surface area contributed by atoms with E-state index < -0.39 is 18.2 Å². The highest BCUT2D eigenvalue weighted by molar-refractivity contribution is 6.45. The molecule has 120 valence electrons. The molecule has 0 spiro atoms. The number of hydrazone groups is 1. The Morgan fingerprint density at radius 1 is 1.35 bits per heavy atom. The van der Waals surface area contributed by atoms with Gasteiger partial charge in [-0.1, -0.05) is 0 Å². The van der Waals surface area contributed by atoms with Crippen LogP contribution >= 0.6 is 0 Å². The highest BCUT2D eigenvalue weighted by atomic mass is 16.5. The van der Waals surface area contributed by atoms with Crippen LogP contribution in [0.2, 0.25) is 0 Å². The van der Waals surface area contributed by atoms with Crippen LogP contribution in [0.5, 0.6) is 0 Å². The lowest BCUT2D eigenvalue weighted by atomic mass is 10.2. The van der Waals surface area contributed by atoms with Gasteiger partial charge in [0, 0.05) is 6.61 Å². The van der Waals surface area contributed by atoms with Crippen LogP contribution in [-0.2, 0) is 14.3 Å². The van der Waals surface area contributed by atoms with Gasteiger partial charge >= 0.3 is 5.97 Å². The molecule has 1 amide bonds. The van der Waals surface area contributed by atoms with Gasteiger partial charge in [-0.05, 0) is 38.1 Å². The third-order valence-corrected chi connectivity index (χ3v) is 2.97. The summed E-state index contributed by atoms with van der Waals surface area (Å²) in [6, 6.07) is 8.15. The third kappa shape index (κ3) is 3.64. The van der Waals surface area contributed by atoms with Crippen LogP contribution in [0.25, 0.3) is 0 Å². The number of hydrogen-bond donors (Lipinski definition) is 1. The number of hydrogen-bond acceptors (Lipinski definition) is 7. The van der Waals surface area contributed by atoms with Crippen molar-refractivity contribution in [2.45, 2.75) is 20.2 Å². The van der Waals surface area contributed by atoms with Crippen LogP contribution in [0.4, 0.5) is 5.69 Å². The average Bonchev–Trinajstić information content (AvgIpc) is 2.56. The Hall–Kier alpha value is -2.92. The van der Waals surface area contributed by atoms with Crippen molar-refractivity contribution in [3.8, 4) is 6.07 Å². The molecule has 0 saturated heterocycles. The first-order chi connectivity index (χ1) is 11.1. The fourth-order valence-corrected chi connectivity index (χ4v) is 1.95. The van der Waals surface area contributed by atoms with Gasteiger partial charge in [0.25, 0.3) is 5.91 Å². The molecule has 1 aliphatic heterocycles. The van der Waals surface area contributed by atoms with E-state index in [1.165, 1.54) is 5.01 Å². The second-order valence-electron chi connectivity index (χ2n) is 4.45. The molecule has 0 fully saturated rings. The van der Waals surface area contributed by atoms with Gasteiger partial charge in [-0.15, -0.1) is 0 Å². The summed E-state index contributed by atoms with van der Waals surface area (Å²) in [5, 5.41) is 16.9.